The third-order valence-corrected chi connectivity index (χ3v) is 5.52. The predicted octanol–water partition coefficient (Wildman–Crippen LogP) is 3.95. The van der Waals surface area contributed by atoms with Crippen LogP contribution < -0.4 is 9.47 Å². The molecular weight excluding hydrogens is 410 g/mol. The lowest BCUT2D eigenvalue weighted by Gasteiger charge is -2.12. The van der Waals surface area contributed by atoms with E-state index >= 15 is 0 Å². The molecule has 1 amide bonds. The summed E-state index contributed by atoms with van der Waals surface area (Å²) in [6, 6.07) is 15.2. The number of hydrogen-bond acceptors (Lipinski definition) is 6. The molecule has 0 aliphatic carbocycles. The van der Waals surface area contributed by atoms with Gasteiger partial charge in [0.2, 0.25) is 0 Å². The van der Waals surface area contributed by atoms with Gasteiger partial charge in [-0.25, -0.2) is 0 Å². The van der Waals surface area contributed by atoms with Gasteiger partial charge in [0.15, 0.2) is 11.5 Å². The molecule has 1 heterocycles. The molecule has 0 saturated carbocycles. The van der Waals surface area contributed by atoms with Crippen LogP contribution in [0.1, 0.15) is 17.5 Å². The average molecular weight is 430 g/mol. The minimum atomic E-state index is -0.974. The number of carboxylic acids is 1. The molecule has 2 aromatic carbocycles. The fourth-order valence-electron chi connectivity index (χ4n) is 2.68. The molecule has 1 aliphatic rings. The summed E-state index contributed by atoms with van der Waals surface area (Å²) >= 11 is 6.37. The topological polar surface area (TPSA) is 76.1 Å². The van der Waals surface area contributed by atoms with Gasteiger partial charge in [0, 0.05) is 6.54 Å². The molecule has 1 saturated heterocycles. The minimum absolute atomic E-state index is 0.0609. The van der Waals surface area contributed by atoms with Crippen LogP contribution in [0.2, 0.25) is 0 Å². The molecule has 0 bridgehead atoms. The number of benzene rings is 2. The number of thiocarbonyl (C=S) groups is 1. The first-order chi connectivity index (χ1) is 14.0. The summed E-state index contributed by atoms with van der Waals surface area (Å²) in [5.41, 5.74) is 1.78. The van der Waals surface area contributed by atoms with Crippen LogP contribution in [0.3, 0.4) is 0 Å². The van der Waals surface area contributed by atoms with Gasteiger partial charge < -0.3 is 14.6 Å². The Morgan fingerprint density at radius 3 is 2.66 bits per heavy atom. The van der Waals surface area contributed by atoms with Crippen molar-refractivity contribution in [3.05, 3.63) is 64.6 Å². The van der Waals surface area contributed by atoms with E-state index in [1.165, 1.54) is 4.90 Å². The highest BCUT2D eigenvalue weighted by Gasteiger charge is 2.32. The van der Waals surface area contributed by atoms with Crippen LogP contribution in [0, 0.1) is 0 Å². The highest BCUT2D eigenvalue weighted by molar-refractivity contribution is 8.26. The van der Waals surface area contributed by atoms with Crippen LogP contribution in [0.15, 0.2) is 53.4 Å². The zero-order valence-corrected chi connectivity index (χ0v) is 17.3. The third-order valence-electron chi connectivity index (χ3n) is 4.15. The van der Waals surface area contributed by atoms with Gasteiger partial charge in [-0.05, 0) is 29.3 Å². The number of carbonyl (C=O) groups excluding carboxylic acids is 1. The number of methoxy groups -OCH3 is 1. The quantitative estimate of drug-likeness (QED) is 0.503. The van der Waals surface area contributed by atoms with Crippen molar-refractivity contribution in [1.82, 2.24) is 4.90 Å². The maximum Gasteiger partial charge on any atom is 0.305 e. The first-order valence-electron chi connectivity index (χ1n) is 8.80. The van der Waals surface area contributed by atoms with Crippen molar-refractivity contribution in [3.63, 3.8) is 0 Å². The van der Waals surface area contributed by atoms with Crippen LogP contribution in [-0.4, -0.2) is 39.9 Å². The highest BCUT2D eigenvalue weighted by Crippen LogP contribution is 2.35. The summed E-state index contributed by atoms with van der Waals surface area (Å²) in [5, 5.41) is 8.83. The molecule has 0 spiro atoms. The Bertz CT molecular complexity index is 959. The summed E-state index contributed by atoms with van der Waals surface area (Å²) in [6.45, 7) is 0.448. The van der Waals surface area contributed by atoms with Crippen LogP contribution in [0.4, 0.5) is 0 Å². The monoisotopic (exact) mass is 429 g/mol. The first-order valence-corrected chi connectivity index (χ1v) is 10.0. The zero-order valence-electron chi connectivity index (χ0n) is 15.7. The van der Waals surface area contributed by atoms with E-state index in [1.807, 2.05) is 36.4 Å². The Morgan fingerprint density at radius 2 is 1.97 bits per heavy atom. The maximum atomic E-state index is 12.6. The van der Waals surface area contributed by atoms with Crippen molar-refractivity contribution in [2.45, 2.75) is 13.0 Å². The van der Waals surface area contributed by atoms with Gasteiger partial charge in [-0.3, -0.25) is 14.5 Å². The Hall–Kier alpha value is -2.84. The van der Waals surface area contributed by atoms with Crippen molar-refractivity contribution in [3.8, 4) is 11.5 Å². The van der Waals surface area contributed by atoms with Crippen LogP contribution in [0.25, 0.3) is 6.08 Å². The minimum Gasteiger partial charge on any atom is -0.493 e. The van der Waals surface area contributed by atoms with Crippen molar-refractivity contribution < 1.29 is 24.2 Å². The lowest BCUT2D eigenvalue weighted by molar-refractivity contribution is -0.137. The number of hydrogen-bond donors (Lipinski definition) is 1. The van der Waals surface area contributed by atoms with Gasteiger partial charge in [0.25, 0.3) is 5.91 Å². The van der Waals surface area contributed by atoms with Crippen molar-refractivity contribution >= 4 is 46.3 Å². The fraction of sp³-hybridized carbons (Fsp3) is 0.190. The van der Waals surface area contributed by atoms with Gasteiger partial charge in [-0.2, -0.15) is 0 Å². The summed E-state index contributed by atoms with van der Waals surface area (Å²) in [6.07, 6.45) is 1.56. The van der Waals surface area contributed by atoms with E-state index in [0.29, 0.717) is 27.3 Å². The molecule has 0 radical (unpaired) electrons. The highest BCUT2D eigenvalue weighted by atomic mass is 32.2. The molecule has 29 heavy (non-hydrogen) atoms. The Morgan fingerprint density at radius 1 is 1.21 bits per heavy atom. The summed E-state index contributed by atoms with van der Waals surface area (Å²) in [4.78, 5) is 25.1. The molecule has 0 aromatic heterocycles. The number of rotatable bonds is 8. The lowest BCUT2D eigenvalue weighted by atomic mass is 10.1. The third kappa shape index (κ3) is 5.36. The summed E-state index contributed by atoms with van der Waals surface area (Å²) in [7, 11) is 1.57. The van der Waals surface area contributed by atoms with Gasteiger partial charge in [0.1, 0.15) is 10.9 Å². The first kappa shape index (κ1) is 20.9. The number of aliphatic carboxylic acids is 1. The molecule has 150 valence electrons. The molecule has 3 rings (SSSR count). The predicted molar refractivity (Wildman–Crippen MR) is 116 cm³/mol. The van der Waals surface area contributed by atoms with Crippen molar-refractivity contribution in [2.24, 2.45) is 0 Å². The normalized spacial score (nSPS) is 15.1. The van der Waals surface area contributed by atoms with Crippen LogP contribution in [0.5, 0.6) is 11.5 Å². The van der Waals surface area contributed by atoms with E-state index in [0.717, 1.165) is 22.9 Å². The summed E-state index contributed by atoms with van der Waals surface area (Å²) in [5.74, 6) is -0.110. The number of amides is 1. The molecule has 1 N–H and O–H groups in total. The number of carboxylic acid groups (broad SMARTS) is 1. The van der Waals surface area contributed by atoms with Crippen molar-refractivity contribution in [1.29, 1.82) is 0 Å². The molecular formula is C21H19NO5S2. The maximum absolute atomic E-state index is 12.6. The molecule has 6 nitrogen and oxygen atoms in total. The second-order valence-corrected chi connectivity index (χ2v) is 7.84. The van der Waals surface area contributed by atoms with E-state index in [9.17, 15) is 9.59 Å². The van der Waals surface area contributed by atoms with Gasteiger partial charge in [0.05, 0.1) is 18.4 Å². The van der Waals surface area contributed by atoms with E-state index < -0.39 is 5.97 Å². The van der Waals surface area contributed by atoms with Crippen LogP contribution >= 0.6 is 24.0 Å². The standard InChI is InChI=1S/C21H19NO5S2/c1-26-16-8-7-15(11-17(16)27-13-14-5-3-2-4-6-14)12-18-20(25)22(21(28)29-18)10-9-19(23)24/h2-8,11-12H,9-10,13H2,1H3,(H,23,24)/b18-12+. The number of carbonyl (C=O) groups is 2. The van der Waals surface area contributed by atoms with Crippen LogP contribution in [-0.2, 0) is 16.2 Å². The molecule has 0 unspecified atom stereocenters. The van der Waals surface area contributed by atoms with Gasteiger partial charge in [-0.1, -0.05) is 60.4 Å². The molecule has 2 aromatic rings. The van der Waals surface area contributed by atoms with E-state index in [4.69, 9.17) is 26.8 Å². The number of thioether (sulfide) groups is 1. The second kappa shape index (κ2) is 9.58. The smallest absolute Gasteiger partial charge is 0.305 e. The SMILES string of the molecule is COc1ccc(/C=C2/SC(=S)N(CCC(=O)O)C2=O)cc1OCc1ccccc1. The van der Waals surface area contributed by atoms with E-state index in [-0.39, 0.29) is 18.9 Å². The second-order valence-electron chi connectivity index (χ2n) is 6.16. The Kier molecular flexibility index (Phi) is 6.90. The van der Waals surface area contributed by atoms with Gasteiger partial charge in [-0.15, -0.1) is 0 Å². The average Bonchev–Trinajstić information content (AvgIpc) is 2.98. The fourth-order valence-corrected chi connectivity index (χ4v) is 3.99. The van der Waals surface area contributed by atoms with E-state index in [1.54, 1.807) is 25.3 Å². The molecule has 8 heteroatoms. The Balaban J connectivity index is 1.77. The number of ether oxygens (including phenoxy) is 2. The number of nitrogens with zero attached hydrogens (tertiary/aromatic N) is 1. The Labute approximate surface area is 178 Å². The van der Waals surface area contributed by atoms with Gasteiger partial charge >= 0.3 is 5.97 Å². The zero-order chi connectivity index (χ0) is 20.8. The lowest BCUT2D eigenvalue weighted by Crippen LogP contribution is -2.30. The molecule has 1 aliphatic heterocycles. The largest absolute Gasteiger partial charge is 0.493 e. The molecule has 0 atom stereocenters. The van der Waals surface area contributed by atoms with Crippen molar-refractivity contribution in [2.75, 3.05) is 13.7 Å². The van der Waals surface area contributed by atoms with E-state index in [2.05, 4.69) is 0 Å². The summed E-state index contributed by atoms with van der Waals surface area (Å²) < 4.78 is 11.6. The molecule has 1 fully saturated rings.